The summed E-state index contributed by atoms with van der Waals surface area (Å²) in [5.74, 6) is 3.12. The minimum Gasteiger partial charge on any atom is -0.380 e. The molecular formula is C13H21NO2S. The molecule has 0 spiro atoms. The lowest BCUT2D eigenvalue weighted by Crippen LogP contribution is -2.53. The third-order valence-electron chi connectivity index (χ3n) is 4.30. The van der Waals surface area contributed by atoms with Crippen molar-refractivity contribution in [2.45, 2.75) is 50.2 Å². The molecule has 4 heteroatoms. The van der Waals surface area contributed by atoms with E-state index >= 15 is 0 Å². The molecule has 2 N–H and O–H groups in total. The van der Waals surface area contributed by atoms with Crippen LogP contribution < -0.4 is 5.32 Å². The number of amides is 1. The molecule has 0 bridgehead atoms. The SMILES string of the molecule is O=C(NC(C1CC1)C1CC1)C1(O)CCSCC1. The monoisotopic (exact) mass is 255 g/mol. The van der Waals surface area contributed by atoms with E-state index in [0.717, 1.165) is 11.5 Å². The molecule has 0 aromatic heterocycles. The topological polar surface area (TPSA) is 49.3 Å². The van der Waals surface area contributed by atoms with Gasteiger partial charge in [-0.1, -0.05) is 0 Å². The van der Waals surface area contributed by atoms with Crippen molar-refractivity contribution >= 4 is 17.7 Å². The summed E-state index contributed by atoms with van der Waals surface area (Å²) >= 11 is 1.83. The Morgan fingerprint density at radius 1 is 1.18 bits per heavy atom. The molecule has 96 valence electrons. The number of hydrogen-bond acceptors (Lipinski definition) is 3. The van der Waals surface area contributed by atoms with Gasteiger partial charge in [0, 0.05) is 6.04 Å². The second kappa shape index (κ2) is 4.47. The number of carbonyl (C=O) groups excluding carboxylic acids is 1. The second-order valence-corrected chi connectivity index (χ2v) is 7.04. The van der Waals surface area contributed by atoms with Crippen molar-refractivity contribution < 1.29 is 9.90 Å². The highest BCUT2D eigenvalue weighted by Gasteiger charge is 2.45. The van der Waals surface area contributed by atoms with Crippen LogP contribution in [0.4, 0.5) is 0 Å². The van der Waals surface area contributed by atoms with Gasteiger partial charge in [-0.15, -0.1) is 0 Å². The van der Waals surface area contributed by atoms with Crippen LogP contribution in [0.1, 0.15) is 38.5 Å². The van der Waals surface area contributed by atoms with Crippen molar-refractivity contribution in [3.05, 3.63) is 0 Å². The maximum absolute atomic E-state index is 12.2. The van der Waals surface area contributed by atoms with Gasteiger partial charge in [-0.05, 0) is 61.9 Å². The molecule has 3 aliphatic rings. The molecule has 1 saturated heterocycles. The minimum atomic E-state index is -1.08. The Kier molecular flexibility index (Phi) is 3.11. The Bertz CT molecular complexity index is 295. The molecule has 2 saturated carbocycles. The van der Waals surface area contributed by atoms with E-state index < -0.39 is 5.60 Å². The normalized spacial score (nSPS) is 28.1. The average Bonchev–Trinajstić information content (AvgIpc) is 3.17. The molecule has 0 unspecified atom stereocenters. The first-order valence-electron chi connectivity index (χ1n) is 6.80. The number of carbonyl (C=O) groups is 1. The zero-order valence-corrected chi connectivity index (χ0v) is 11.0. The third kappa shape index (κ3) is 2.63. The first-order valence-corrected chi connectivity index (χ1v) is 7.96. The van der Waals surface area contributed by atoms with Crippen LogP contribution in [0.25, 0.3) is 0 Å². The zero-order chi connectivity index (χ0) is 11.9. The fraction of sp³-hybridized carbons (Fsp3) is 0.923. The molecule has 0 aromatic rings. The predicted molar refractivity (Wildman–Crippen MR) is 68.9 cm³/mol. The molecule has 17 heavy (non-hydrogen) atoms. The van der Waals surface area contributed by atoms with Crippen molar-refractivity contribution in [3.8, 4) is 0 Å². The van der Waals surface area contributed by atoms with Crippen LogP contribution in [0, 0.1) is 11.8 Å². The smallest absolute Gasteiger partial charge is 0.252 e. The van der Waals surface area contributed by atoms with Crippen LogP contribution in [0.15, 0.2) is 0 Å². The van der Waals surface area contributed by atoms with Crippen molar-refractivity contribution in [3.63, 3.8) is 0 Å². The lowest BCUT2D eigenvalue weighted by Gasteiger charge is -2.32. The van der Waals surface area contributed by atoms with Gasteiger partial charge in [0.15, 0.2) is 0 Å². The summed E-state index contributed by atoms with van der Waals surface area (Å²) in [5.41, 5.74) is -1.08. The highest BCUT2D eigenvalue weighted by atomic mass is 32.2. The summed E-state index contributed by atoms with van der Waals surface area (Å²) in [4.78, 5) is 12.2. The number of hydrogen-bond donors (Lipinski definition) is 2. The summed E-state index contributed by atoms with van der Waals surface area (Å²) in [6.45, 7) is 0. The Hall–Kier alpha value is -0.220. The third-order valence-corrected chi connectivity index (χ3v) is 5.29. The van der Waals surface area contributed by atoms with Gasteiger partial charge in [0.25, 0.3) is 5.91 Å². The fourth-order valence-corrected chi connectivity index (χ4v) is 3.92. The fourth-order valence-electron chi connectivity index (χ4n) is 2.75. The van der Waals surface area contributed by atoms with E-state index in [1.54, 1.807) is 0 Å². The predicted octanol–water partition coefficient (Wildman–Crippen LogP) is 1.55. The van der Waals surface area contributed by atoms with E-state index in [2.05, 4.69) is 5.32 Å². The number of aliphatic hydroxyl groups is 1. The molecule has 3 fully saturated rings. The summed E-state index contributed by atoms with van der Waals surface area (Å²) in [6, 6.07) is 0.362. The van der Waals surface area contributed by atoms with E-state index in [-0.39, 0.29) is 5.91 Å². The quantitative estimate of drug-likeness (QED) is 0.801. The molecule has 0 atom stereocenters. The number of thioether (sulfide) groups is 1. The summed E-state index contributed by atoms with van der Waals surface area (Å²) < 4.78 is 0. The Balaban J connectivity index is 1.60. The van der Waals surface area contributed by atoms with Gasteiger partial charge in [0.1, 0.15) is 5.60 Å². The first-order chi connectivity index (χ1) is 8.19. The second-order valence-electron chi connectivity index (χ2n) is 5.82. The van der Waals surface area contributed by atoms with Gasteiger partial charge in [-0.25, -0.2) is 0 Å². The molecule has 0 radical (unpaired) electrons. The van der Waals surface area contributed by atoms with Crippen molar-refractivity contribution in [2.75, 3.05) is 11.5 Å². The molecule has 0 aromatic carbocycles. The Labute approximate surface area is 107 Å². The van der Waals surface area contributed by atoms with E-state index in [1.807, 2.05) is 11.8 Å². The van der Waals surface area contributed by atoms with Gasteiger partial charge >= 0.3 is 0 Å². The number of nitrogens with one attached hydrogen (secondary N) is 1. The summed E-state index contributed by atoms with van der Waals surface area (Å²) in [5, 5.41) is 13.5. The van der Waals surface area contributed by atoms with E-state index in [9.17, 15) is 9.90 Å². The van der Waals surface area contributed by atoms with E-state index in [1.165, 1.54) is 25.7 Å². The van der Waals surface area contributed by atoms with Crippen LogP contribution >= 0.6 is 11.8 Å². The maximum atomic E-state index is 12.2. The first kappa shape index (κ1) is 11.8. The molecule has 3 rings (SSSR count). The van der Waals surface area contributed by atoms with Gasteiger partial charge in [0.05, 0.1) is 0 Å². The van der Waals surface area contributed by atoms with Crippen LogP contribution in [-0.2, 0) is 4.79 Å². The Morgan fingerprint density at radius 2 is 1.71 bits per heavy atom. The highest BCUT2D eigenvalue weighted by Crippen LogP contribution is 2.44. The summed E-state index contributed by atoms with van der Waals surface area (Å²) in [6.07, 6.45) is 6.27. The summed E-state index contributed by atoms with van der Waals surface area (Å²) in [7, 11) is 0. The maximum Gasteiger partial charge on any atom is 0.252 e. The standard InChI is InChI=1S/C13H21NO2S/c15-12(13(16)5-7-17-8-6-13)14-11(9-1-2-9)10-3-4-10/h9-11,16H,1-8H2,(H,14,15). The van der Waals surface area contributed by atoms with E-state index in [4.69, 9.17) is 0 Å². The lowest BCUT2D eigenvalue weighted by atomic mass is 9.94. The molecule has 1 aliphatic heterocycles. The molecular weight excluding hydrogens is 234 g/mol. The van der Waals surface area contributed by atoms with Gasteiger partial charge in [0.2, 0.25) is 0 Å². The molecule has 3 nitrogen and oxygen atoms in total. The van der Waals surface area contributed by atoms with Gasteiger partial charge in [-0.2, -0.15) is 11.8 Å². The molecule has 1 amide bonds. The molecule has 1 heterocycles. The van der Waals surface area contributed by atoms with Crippen LogP contribution in [0.5, 0.6) is 0 Å². The van der Waals surface area contributed by atoms with Crippen LogP contribution in [0.3, 0.4) is 0 Å². The van der Waals surface area contributed by atoms with Crippen LogP contribution in [-0.4, -0.2) is 34.2 Å². The van der Waals surface area contributed by atoms with Crippen molar-refractivity contribution in [1.82, 2.24) is 5.32 Å². The largest absolute Gasteiger partial charge is 0.380 e. The molecule has 2 aliphatic carbocycles. The zero-order valence-electron chi connectivity index (χ0n) is 10.2. The lowest BCUT2D eigenvalue weighted by molar-refractivity contribution is -0.141. The van der Waals surface area contributed by atoms with Crippen molar-refractivity contribution in [1.29, 1.82) is 0 Å². The van der Waals surface area contributed by atoms with Gasteiger partial charge in [-0.3, -0.25) is 4.79 Å². The minimum absolute atomic E-state index is 0.0957. The highest BCUT2D eigenvalue weighted by molar-refractivity contribution is 7.99. The number of rotatable bonds is 4. The van der Waals surface area contributed by atoms with Gasteiger partial charge < -0.3 is 10.4 Å². The van der Waals surface area contributed by atoms with E-state index in [0.29, 0.717) is 30.7 Å². The average molecular weight is 255 g/mol. The van der Waals surface area contributed by atoms with Crippen molar-refractivity contribution in [2.24, 2.45) is 11.8 Å². The van der Waals surface area contributed by atoms with Crippen LogP contribution in [0.2, 0.25) is 0 Å². The Morgan fingerprint density at radius 3 is 2.18 bits per heavy atom.